The lowest BCUT2D eigenvalue weighted by molar-refractivity contribution is 0.428. The van der Waals surface area contributed by atoms with Crippen molar-refractivity contribution in [3.05, 3.63) is 60.2 Å². The van der Waals surface area contributed by atoms with Gasteiger partial charge in [0.1, 0.15) is 0 Å². The molecule has 0 fully saturated rings. The molecule has 0 amide bonds. The lowest BCUT2D eigenvalue weighted by atomic mass is 10.00. The van der Waals surface area contributed by atoms with Crippen LogP contribution in [0.25, 0.3) is 22.4 Å². The number of rotatable bonds is 3. The van der Waals surface area contributed by atoms with Gasteiger partial charge >= 0.3 is 0 Å². The van der Waals surface area contributed by atoms with E-state index in [1.165, 1.54) is 5.56 Å². The molecule has 0 saturated heterocycles. The summed E-state index contributed by atoms with van der Waals surface area (Å²) >= 11 is 0. The maximum Gasteiger partial charge on any atom is 0.238 e. The third kappa shape index (κ3) is 2.50. The lowest BCUT2D eigenvalue weighted by Crippen LogP contribution is -2.05. The number of benzene rings is 2. The largest absolute Gasteiger partial charge is 0.492 e. The molecule has 0 atom stereocenters. The molecule has 3 nitrogen and oxygen atoms in total. The molecule has 0 aliphatic heterocycles. The smallest absolute Gasteiger partial charge is 0.238 e. The number of hydrogen-bond donors (Lipinski definition) is 1. The van der Waals surface area contributed by atoms with E-state index in [2.05, 4.69) is 50.1 Å². The topological polar surface area (TPSA) is 38.1 Å². The van der Waals surface area contributed by atoms with E-state index >= 15 is 0 Å². The number of aromatic hydroxyl groups is 1. The summed E-state index contributed by atoms with van der Waals surface area (Å²) in [5.41, 5.74) is 5.00. The molecule has 3 aromatic rings. The van der Waals surface area contributed by atoms with Crippen molar-refractivity contribution < 1.29 is 5.11 Å². The molecule has 0 aliphatic rings. The summed E-state index contributed by atoms with van der Waals surface area (Å²) < 4.78 is 1.89. The SMILES string of the molecule is Cc1ccc(-c2c(-c3ccccc3)c(O)nn2C(C)C)cc1. The zero-order valence-electron chi connectivity index (χ0n) is 13.1. The molecule has 22 heavy (non-hydrogen) atoms. The lowest BCUT2D eigenvalue weighted by Gasteiger charge is -2.13. The minimum absolute atomic E-state index is 0.0791. The normalized spacial score (nSPS) is 11.1. The van der Waals surface area contributed by atoms with E-state index in [1.807, 2.05) is 35.0 Å². The Morgan fingerprint density at radius 1 is 0.909 bits per heavy atom. The van der Waals surface area contributed by atoms with Crippen LogP contribution in [-0.2, 0) is 0 Å². The van der Waals surface area contributed by atoms with Gasteiger partial charge in [0.15, 0.2) is 0 Å². The molecular formula is C19H20N2O. The van der Waals surface area contributed by atoms with Gasteiger partial charge in [0.2, 0.25) is 5.88 Å². The zero-order valence-corrected chi connectivity index (χ0v) is 13.1. The summed E-state index contributed by atoms with van der Waals surface area (Å²) in [4.78, 5) is 0. The molecule has 0 bridgehead atoms. The number of nitrogens with zero attached hydrogens (tertiary/aromatic N) is 2. The Morgan fingerprint density at radius 2 is 1.55 bits per heavy atom. The maximum atomic E-state index is 10.4. The van der Waals surface area contributed by atoms with Gasteiger partial charge in [-0.2, -0.15) is 0 Å². The monoisotopic (exact) mass is 292 g/mol. The van der Waals surface area contributed by atoms with Crippen LogP contribution in [-0.4, -0.2) is 14.9 Å². The molecular weight excluding hydrogens is 272 g/mol. The Morgan fingerprint density at radius 3 is 2.14 bits per heavy atom. The molecule has 0 radical (unpaired) electrons. The average molecular weight is 292 g/mol. The summed E-state index contributed by atoms with van der Waals surface area (Å²) in [6.45, 7) is 6.21. The van der Waals surface area contributed by atoms with Crippen LogP contribution in [0.2, 0.25) is 0 Å². The molecule has 0 saturated carbocycles. The fourth-order valence-corrected chi connectivity index (χ4v) is 2.65. The van der Waals surface area contributed by atoms with Crippen LogP contribution in [0.15, 0.2) is 54.6 Å². The van der Waals surface area contributed by atoms with Crippen molar-refractivity contribution in [1.29, 1.82) is 0 Å². The van der Waals surface area contributed by atoms with Gasteiger partial charge in [-0.1, -0.05) is 60.2 Å². The molecule has 1 aromatic heterocycles. The maximum absolute atomic E-state index is 10.4. The Bertz CT molecular complexity index is 771. The summed E-state index contributed by atoms with van der Waals surface area (Å²) in [7, 11) is 0. The predicted molar refractivity (Wildman–Crippen MR) is 89.9 cm³/mol. The van der Waals surface area contributed by atoms with Gasteiger partial charge < -0.3 is 5.11 Å². The van der Waals surface area contributed by atoms with Gasteiger partial charge in [-0.25, -0.2) is 0 Å². The van der Waals surface area contributed by atoms with Gasteiger partial charge in [0, 0.05) is 11.6 Å². The highest BCUT2D eigenvalue weighted by molar-refractivity contribution is 5.84. The molecule has 3 heteroatoms. The Balaban J connectivity index is 2.28. The van der Waals surface area contributed by atoms with Crippen LogP contribution < -0.4 is 0 Å². The molecule has 0 aliphatic carbocycles. The van der Waals surface area contributed by atoms with Crippen molar-refractivity contribution >= 4 is 0 Å². The van der Waals surface area contributed by atoms with E-state index in [-0.39, 0.29) is 11.9 Å². The third-order valence-electron chi connectivity index (χ3n) is 3.77. The number of hydrogen-bond acceptors (Lipinski definition) is 2. The van der Waals surface area contributed by atoms with E-state index in [1.54, 1.807) is 0 Å². The first-order valence-electron chi connectivity index (χ1n) is 7.52. The highest BCUT2D eigenvalue weighted by Crippen LogP contribution is 2.39. The Hall–Kier alpha value is -2.55. The molecule has 2 aromatic carbocycles. The summed E-state index contributed by atoms with van der Waals surface area (Å²) in [6.07, 6.45) is 0. The van der Waals surface area contributed by atoms with E-state index in [0.29, 0.717) is 0 Å². The van der Waals surface area contributed by atoms with E-state index < -0.39 is 0 Å². The van der Waals surface area contributed by atoms with E-state index in [0.717, 1.165) is 22.4 Å². The molecule has 0 unspecified atom stereocenters. The predicted octanol–water partition coefficient (Wildman–Crippen LogP) is 4.81. The van der Waals surface area contributed by atoms with Gasteiger partial charge in [-0.3, -0.25) is 4.68 Å². The second-order valence-corrected chi connectivity index (χ2v) is 5.82. The van der Waals surface area contributed by atoms with Crippen LogP contribution in [0.1, 0.15) is 25.5 Å². The van der Waals surface area contributed by atoms with E-state index in [9.17, 15) is 5.11 Å². The number of aromatic nitrogens is 2. The summed E-state index contributed by atoms with van der Waals surface area (Å²) in [5, 5.41) is 14.8. The first-order chi connectivity index (χ1) is 10.6. The highest BCUT2D eigenvalue weighted by atomic mass is 16.3. The standard InChI is InChI=1S/C19H20N2O/c1-13(2)21-18(16-11-9-14(3)10-12-16)17(19(22)20-21)15-7-5-4-6-8-15/h4-13H,1-3H3,(H,20,22). The second-order valence-electron chi connectivity index (χ2n) is 5.82. The second kappa shape index (κ2) is 5.68. The van der Waals surface area contributed by atoms with Crippen LogP contribution >= 0.6 is 0 Å². The molecule has 0 spiro atoms. The first-order valence-corrected chi connectivity index (χ1v) is 7.52. The third-order valence-corrected chi connectivity index (χ3v) is 3.77. The molecule has 3 rings (SSSR count). The Kier molecular flexibility index (Phi) is 3.72. The summed E-state index contributed by atoms with van der Waals surface area (Å²) in [6, 6.07) is 18.4. The van der Waals surface area contributed by atoms with Gasteiger partial charge in [0.25, 0.3) is 0 Å². The number of aryl methyl sites for hydroxylation is 1. The van der Waals surface area contributed by atoms with Crippen molar-refractivity contribution in [2.75, 3.05) is 0 Å². The van der Waals surface area contributed by atoms with E-state index in [4.69, 9.17) is 0 Å². The summed E-state index contributed by atoms with van der Waals surface area (Å²) in [5.74, 6) is 0.0791. The highest BCUT2D eigenvalue weighted by Gasteiger charge is 2.21. The van der Waals surface area contributed by atoms with Crippen molar-refractivity contribution in [1.82, 2.24) is 9.78 Å². The van der Waals surface area contributed by atoms with Crippen LogP contribution in [0.4, 0.5) is 0 Å². The van der Waals surface area contributed by atoms with Crippen molar-refractivity contribution in [2.45, 2.75) is 26.8 Å². The fourth-order valence-electron chi connectivity index (χ4n) is 2.65. The van der Waals surface area contributed by atoms with Crippen LogP contribution in [0.3, 0.4) is 0 Å². The van der Waals surface area contributed by atoms with Crippen LogP contribution in [0.5, 0.6) is 5.88 Å². The molecule has 112 valence electrons. The van der Waals surface area contributed by atoms with Crippen molar-refractivity contribution in [2.24, 2.45) is 0 Å². The fraction of sp³-hybridized carbons (Fsp3) is 0.211. The first kappa shape index (κ1) is 14.4. The Labute approximate surface area is 130 Å². The van der Waals surface area contributed by atoms with Gasteiger partial charge in [0.05, 0.1) is 11.3 Å². The zero-order chi connectivity index (χ0) is 15.7. The quantitative estimate of drug-likeness (QED) is 0.752. The molecule has 1 N–H and O–H groups in total. The minimum atomic E-state index is 0.0791. The van der Waals surface area contributed by atoms with Crippen molar-refractivity contribution in [3.63, 3.8) is 0 Å². The molecule has 1 heterocycles. The van der Waals surface area contributed by atoms with Gasteiger partial charge in [-0.05, 0) is 26.3 Å². The van der Waals surface area contributed by atoms with Gasteiger partial charge in [-0.15, -0.1) is 5.10 Å². The minimum Gasteiger partial charge on any atom is -0.492 e. The van der Waals surface area contributed by atoms with Crippen LogP contribution in [0, 0.1) is 6.92 Å². The van der Waals surface area contributed by atoms with Crippen molar-refractivity contribution in [3.8, 4) is 28.3 Å². The average Bonchev–Trinajstić information content (AvgIpc) is 2.86.